The Morgan fingerprint density at radius 3 is 2.87 bits per heavy atom. The Hall–Kier alpha value is -0.870. The van der Waals surface area contributed by atoms with E-state index in [0.717, 1.165) is 19.6 Å². The maximum absolute atomic E-state index is 4.14. The zero-order valence-corrected chi connectivity index (χ0v) is 10.2. The standard InChI is InChI=1S/C11H22N4/c1-5-14(3)9-10(2)12-8-11-6-7-13-15(11)4/h6-7,10,12H,5,8-9H2,1-4H3. The number of nitrogens with one attached hydrogen (secondary N) is 1. The Bertz CT molecular complexity index is 282. The molecule has 0 radical (unpaired) electrons. The first-order chi connectivity index (χ1) is 7.13. The van der Waals surface area contributed by atoms with Crippen LogP contribution in [0.5, 0.6) is 0 Å². The van der Waals surface area contributed by atoms with Crippen molar-refractivity contribution in [3.05, 3.63) is 18.0 Å². The molecule has 15 heavy (non-hydrogen) atoms. The molecule has 1 rings (SSSR count). The number of aryl methyl sites for hydroxylation is 1. The lowest BCUT2D eigenvalue weighted by atomic mass is 10.3. The van der Waals surface area contributed by atoms with Crippen LogP contribution in [0.3, 0.4) is 0 Å². The highest BCUT2D eigenvalue weighted by molar-refractivity contribution is 4.99. The maximum Gasteiger partial charge on any atom is 0.0518 e. The van der Waals surface area contributed by atoms with Gasteiger partial charge in [-0.2, -0.15) is 5.10 Å². The highest BCUT2D eigenvalue weighted by atomic mass is 15.3. The van der Waals surface area contributed by atoms with Crippen molar-refractivity contribution in [1.82, 2.24) is 20.0 Å². The van der Waals surface area contributed by atoms with Crippen LogP contribution in [0.15, 0.2) is 12.3 Å². The van der Waals surface area contributed by atoms with Gasteiger partial charge in [0.25, 0.3) is 0 Å². The first-order valence-electron chi connectivity index (χ1n) is 5.52. The van der Waals surface area contributed by atoms with Gasteiger partial charge in [-0.15, -0.1) is 0 Å². The van der Waals surface area contributed by atoms with Crippen LogP contribution < -0.4 is 5.32 Å². The van der Waals surface area contributed by atoms with Crippen molar-refractivity contribution in [2.45, 2.75) is 26.4 Å². The van der Waals surface area contributed by atoms with Gasteiger partial charge in [-0.05, 0) is 26.6 Å². The van der Waals surface area contributed by atoms with E-state index in [1.54, 1.807) is 0 Å². The lowest BCUT2D eigenvalue weighted by molar-refractivity contribution is 0.308. The van der Waals surface area contributed by atoms with E-state index in [0.29, 0.717) is 6.04 Å². The number of rotatable bonds is 6. The summed E-state index contributed by atoms with van der Waals surface area (Å²) in [5.74, 6) is 0. The van der Waals surface area contributed by atoms with Gasteiger partial charge in [-0.1, -0.05) is 6.92 Å². The summed E-state index contributed by atoms with van der Waals surface area (Å²) in [7, 11) is 4.11. The Kier molecular flexibility index (Phi) is 4.78. The van der Waals surface area contributed by atoms with Gasteiger partial charge in [-0.25, -0.2) is 0 Å². The Morgan fingerprint density at radius 2 is 2.33 bits per heavy atom. The van der Waals surface area contributed by atoms with Gasteiger partial charge in [0, 0.05) is 32.4 Å². The van der Waals surface area contributed by atoms with Crippen LogP contribution in [0.4, 0.5) is 0 Å². The molecule has 1 aromatic rings. The fourth-order valence-electron chi connectivity index (χ4n) is 1.51. The third-order valence-electron chi connectivity index (χ3n) is 2.68. The molecule has 0 aromatic carbocycles. The lowest BCUT2D eigenvalue weighted by Gasteiger charge is -2.20. The molecule has 4 heteroatoms. The molecular weight excluding hydrogens is 188 g/mol. The molecule has 0 amide bonds. The van der Waals surface area contributed by atoms with E-state index < -0.39 is 0 Å². The molecule has 86 valence electrons. The second kappa shape index (κ2) is 5.88. The van der Waals surface area contributed by atoms with E-state index >= 15 is 0 Å². The fourth-order valence-corrected chi connectivity index (χ4v) is 1.51. The second-order valence-corrected chi connectivity index (χ2v) is 4.08. The minimum atomic E-state index is 0.504. The number of likely N-dealkylation sites (N-methyl/N-ethyl adjacent to an activating group) is 1. The zero-order chi connectivity index (χ0) is 11.3. The number of nitrogens with zero attached hydrogens (tertiary/aromatic N) is 3. The quantitative estimate of drug-likeness (QED) is 0.755. The highest BCUT2D eigenvalue weighted by Crippen LogP contribution is 1.96. The monoisotopic (exact) mass is 210 g/mol. The van der Waals surface area contributed by atoms with Crippen LogP contribution >= 0.6 is 0 Å². The number of hydrogen-bond donors (Lipinski definition) is 1. The smallest absolute Gasteiger partial charge is 0.0518 e. The Morgan fingerprint density at radius 1 is 1.60 bits per heavy atom. The Balaban J connectivity index is 2.28. The maximum atomic E-state index is 4.14. The molecule has 1 atom stereocenters. The summed E-state index contributed by atoms with van der Waals surface area (Å²) in [6.07, 6.45) is 1.83. The normalized spacial score (nSPS) is 13.4. The van der Waals surface area contributed by atoms with Crippen LogP contribution in [-0.4, -0.2) is 40.9 Å². The van der Waals surface area contributed by atoms with Gasteiger partial charge in [0.15, 0.2) is 0 Å². The van der Waals surface area contributed by atoms with E-state index in [1.165, 1.54) is 5.69 Å². The molecule has 0 aliphatic heterocycles. The predicted octanol–water partition coefficient (Wildman–Crippen LogP) is 0.850. The first kappa shape index (κ1) is 12.2. The third kappa shape index (κ3) is 4.01. The molecule has 1 heterocycles. The topological polar surface area (TPSA) is 33.1 Å². The van der Waals surface area contributed by atoms with Crippen molar-refractivity contribution in [2.24, 2.45) is 7.05 Å². The van der Waals surface area contributed by atoms with Crippen LogP contribution in [0, 0.1) is 0 Å². The summed E-state index contributed by atoms with van der Waals surface area (Å²) in [5, 5.41) is 7.63. The minimum Gasteiger partial charge on any atom is -0.307 e. The van der Waals surface area contributed by atoms with Gasteiger partial charge >= 0.3 is 0 Å². The molecule has 1 unspecified atom stereocenters. The lowest BCUT2D eigenvalue weighted by Crippen LogP contribution is -2.37. The second-order valence-electron chi connectivity index (χ2n) is 4.08. The molecule has 0 saturated carbocycles. The van der Waals surface area contributed by atoms with Gasteiger partial charge < -0.3 is 10.2 Å². The summed E-state index contributed by atoms with van der Waals surface area (Å²) in [4.78, 5) is 2.31. The first-order valence-corrected chi connectivity index (χ1v) is 5.52. The van der Waals surface area contributed by atoms with E-state index in [1.807, 2.05) is 24.0 Å². The highest BCUT2D eigenvalue weighted by Gasteiger charge is 2.05. The minimum absolute atomic E-state index is 0.504. The number of aromatic nitrogens is 2. The van der Waals surface area contributed by atoms with Crippen molar-refractivity contribution < 1.29 is 0 Å². The van der Waals surface area contributed by atoms with Crippen molar-refractivity contribution >= 4 is 0 Å². The van der Waals surface area contributed by atoms with E-state index in [2.05, 4.69) is 36.2 Å². The zero-order valence-electron chi connectivity index (χ0n) is 10.2. The van der Waals surface area contributed by atoms with Crippen molar-refractivity contribution in [3.63, 3.8) is 0 Å². The average Bonchev–Trinajstić information content (AvgIpc) is 2.61. The molecule has 0 aliphatic carbocycles. The average molecular weight is 210 g/mol. The van der Waals surface area contributed by atoms with Gasteiger partial charge in [0.05, 0.1) is 5.69 Å². The Labute approximate surface area is 92.3 Å². The van der Waals surface area contributed by atoms with Crippen molar-refractivity contribution in [1.29, 1.82) is 0 Å². The molecule has 0 spiro atoms. The van der Waals surface area contributed by atoms with Gasteiger partial charge in [-0.3, -0.25) is 4.68 Å². The summed E-state index contributed by atoms with van der Waals surface area (Å²) in [6.45, 7) is 7.44. The van der Waals surface area contributed by atoms with Crippen LogP contribution in [0.2, 0.25) is 0 Å². The van der Waals surface area contributed by atoms with Crippen LogP contribution in [0.1, 0.15) is 19.5 Å². The van der Waals surface area contributed by atoms with Crippen LogP contribution in [0.25, 0.3) is 0 Å². The molecular formula is C11H22N4. The van der Waals surface area contributed by atoms with Crippen molar-refractivity contribution in [3.8, 4) is 0 Å². The van der Waals surface area contributed by atoms with Crippen LogP contribution in [-0.2, 0) is 13.6 Å². The SMILES string of the molecule is CCN(C)CC(C)NCc1ccnn1C. The molecule has 0 saturated heterocycles. The van der Waals surface area contributed by atoms with Gasteiger partial charge in [0.1, 0.15) is 0 Å². The van der Waals surface area contributed by atoms with E-state index in [4.69, 9.17) is 0 Å². The molecule has 0 bridgehead atoms. The van der Waals surface area contributed by atoms with E-state index in [-0.39, 0.29) is 0 Å². The molecule has 1 aromatic heterocycles. The molecule has 0 aliphatic rings. The summed E-state index contributed by atoms with van der Waals surface area (Å²) in [5.41, 5.74) is 1.22. The van der Waals surface area contributed by atoms with Crippen molar-refractivity contribution in [2.75, 3.05) is 20.1 Å². The largest absolute Gasteiger partial charge is 0.307 e. The molecule has 4 nitrogen and oxygen atoms in total. The molecule has 0 fully saturated rings. The predicted molar refractivity (Wildman–Crippen MR) is 62.7 cm³/mol. The summed E-state index contributed by atoms with van der Waals surface area (Å²) >= 11 is 0. The summed E-state index contributed by atoms with van der Waals surface area (Å²) < 4.78 is 1.91. The molecule has 1 N–H and O–H groups in total. The van der Waals surface area contributed by atoms with E-state index in [9.17, 15) is 0 Å². The summed E-state index contributed by atoms with van der Waals surface area (Å²) in [6, 6.07) is 2.55. The fraction of sp³-hybridized carbons (Fsp3) is 0.727. The third-order valence-corrected chi connectivity index (χ3v) is 2.68. The van der Waals surface area contributed by atoms with Gasteiger partial charge in [0.2, 0.25) is 0 Å². The number of hydrogen-bond acceptors (Lipinski definition) is 3.